The number of hydrogen-bond acceptors (Lipinski definition) is 6. The van der Waals surface area contributed by atoms with E-state index in [9.17, 15) is 4.79 Å². The molecule has 8 heteroatoms. The molecule has 0 unspecified atom stereocenters. The van der Waals surface area contributed by atoms with E-state index in [-0.39, 0.29) is 12.5 Å². The molecule has 1 amide bonds. The number of rotatable bonds is 7. The van der Waals surface area contributed by atoms with Crippen LogP contribution in [0.3, 0.4) is 0 Å². The molecule has 0 saturated carbocycles. The van der Waals surface area contributed by atoms with Crippen molar-refractivity contribution in [2.75, 3.05) is 17.7 Å². The van der Waals surface area contributed by atoms with Gasteiger partial charge in [-0.25, -0.2) is 0 Å². The summed E-state index contributed by atoms with van der Waals surface area (Å²) in [6.07, 6.45) is 1.78. The fraction of sp³-hybridized carbons (Fsp3) is 0.214. The van der Waals surface area contributed by atoms with Crippen LogP contribution in [-0.4, -0.2) is 28.5 Å². The highest BCUT2D eigenvalue weighted by molar-refractivity contribution is 8.01. The number of carbonyl (C=O) groups excluding carboxylic acids is 1. The van der Waals surface area contributed by atoms with Gasteiger partial charge < -0.3 is 4.74 Å². The van der Waals surface area contributed by atoms with Crippen molar-refractivity contribution in [2.45, 2.75) is 11.3 Å². The predicted octanol–water partition coefficient (Wildman–Crippen LogP) is 3.80. The van der Waals surface area contributed by atoms with E-state index in [4.69, 9.17) is 16.3 Å². The quantitative estimate of drug-likeness (QED) is 0.465. The standard InChI is InChI=1S/C14H14ClN3O2S2/c1-3-6-21-14-18-17-13(22-14)16-12(19)8-20-11-5-4-10(15)7-9(11)2/h3-5,7H,1,6,8H2,2H3,(H,16,17,19). The van der Waals surface area contributed by atoms with Gasteiger partial charge >= 0.3 is 0 Å². The summed E-state index contributed by atoms with van der Waals surface area (Å²) in [7, 11) is 0. The number of halogens is 1. The molecule has 116 valence electrons. The molecule has 1 heterocycles. The molecule has 0 radical (unpaired) electrons. The van der Waals surface area contributed by atoms with E-state index in [1.54, 1.807) is 24.3 Å². The van der Waals surface area contributed by atoms with Crippen molar-refractivity contribution < 1.29 is 9.53 Å². The van der Waals surface area contributed by atoms with Crippen LogP contribution >= 0.6 is 34.7 Å². The second-order valence-electron chi connectivity index (χ2n) is 4.22. The lowest BCUT2D eigenvalue weighted by atomic mass is 10.2. The summed E-state index contributed by atoms with van der Waals surface area (Å²) in [5.74, 6) is 1.09. The average molecular weight is 356 g/mol. The molecule has 2 rings (SSSR count). The van der Waals surface area contributed by atoms with Crippen molar-refractivity contribution in [2.24, 2.45) is 0 Å². The summed E-state index contributed by atoms with van der Waals surface area (Å²) in [4.78, 5) is 11.8. The van der Waals surface area contributed by atoms with E-state index in [2.05, 4.69) is 22.1 Å². The fourth-order valence-electron chi connectivity index (χ4n) is 1.52. The number of ether oxygens (including phenoxy) is 1. The minimum Gasteiger partial charge on any atom is -0.483 e. The van der Waals surface area contributed by atoms with Crippen LogP contribution in [0.1, 0.15) is 5.56 Å². The van der Waals surface area contributed by atoms with E-state index in [1.807, 2.05) is 6.92 Å². The van der Waals surface area contributed by atoms with E-state index >= 15 is 0 Å². The molecule has 2 aromatic rings. The van der Waals surface area contributed by atoms with Crippen LogP contribution in [0, 0.1) is 6.92 Å². The smallest absolute Gasteiger partial charge is 0.264 e. The number of nitrogens with one attached hydrogen (secondary N) is 1. The van der Waals surface area contributed by atoms with Gasteiger partial charge in [0.2, 0.25) is 5.13 Å². The number of benzene rings is 1. The summed E-state index contributed by atoms with van der Waals surface area (Å²) in [5.41, 5.74) is 0.874. The Morgan fingerprint density at radius 3 is 3.09 bits per heavy atom. The lowest BCUT2D eigenvalue weighted by molar-refractivity contribution is -0.118. The summed E-state index contributed by atoms with van der Waals surface area (Å²) < 4.78 is 6.25. The Kier molecular flexibility index (Phi) is 6.23. The molecule has 0 atom stereocenters. The zero-order valence-electron chi connectivity index (χ0n) is 11.8. The van der Waals surface area contributed by atoms with Gasteiger partial charge in [-0.2, -0.15) is 0 Å². The molecule has 0 aliphatic carbocycles. The van der Waals surface area contributed by atoms with Crippen molar-refractivity contribution in [3.05, 3.63) is 41.4 Å². The van der Waals surface area contributed by atoms with Gasteiger partial charge in [-0.3, -0.25) is 10.1 Å². The van der Waals surface area contributed by atoms with Gasteiger partial charge in [0.25, 0.3) is 5.91 Å². The van der Waals surface area contributed by atoms with Gasteiger partial charge in [-0.15, -0.1) is 16.8 Å². The first kappa shape index (κ1) is 16.8. The Hall–Kier alpha value is -1.57. The number of amides is 1. The Labute approximate surface area is 141 Å². The van der Waals surface area contributed by atoms with Crippen LogP contribution in [0.15, 0.2) is 35.2 Å². The van der Waals surface area contributed by atoms with Crippen molar-refractivity contribution in [1.29, 1.82) is 0 Å². The third-order valence-corrected chi connectivity index (χ3v) is 4.68. The third-order valence-electron chi connectivity index (χ3n) is 2.47. The SMILES string of the molecule is C=CCSc1nnc(NC(=O)COc2ccc(Cl)cc2C)s1. The summed E-state index contributed by atoms with van der Waals surface area (Å²) >= 11 is 8.70. The summed E-state index contributed by atoms with van der Waals surface area (Å²) in [6.45, 7) is 5.41. The first-order valence-electron chi connectivity index (χ1n) is 6.34. The summed E-state index contributed by atoms with van der Waals surface area (Å²) in [5, 5.41) is 11.6. The first-order valence-corrected chi connectivity index (χ1v) is 8.52. The lowest BCUT2D eigenvalue weighted by Crippen LogP contribution is -2.20. The highest BCUT2D eigenvalue weighted by Crippen LogP contribution is 2.25. The van der Waals surface area contributed by atoms with Crippen LogP contribution in [-0.2, 0) is 4.79 Å². The molecule has 1 aromatic heterocycles. The average Bonchev–Trinajstić information content (AvgIpc) is 2.91. The predicted molar refractivity (Wildman–Crippen MR) is 91.1 cm³/mol. The molecule has 1 N–H and O–H groups in total. The van der Waals surface area contributed by atoms with Crippen LogP contribution in [0.4, 0.5) is 5.13 Å². The van der Waals surface area contributed by atoms with E-state index < -0.39 is 0 Å². The van der Waals surface area contributed by atoms with Gasteiger partial charge in [0, 0.05) is 10.8 Å². The number of carbonyl (C=O) groups is 1. The van der Waals surface area contributed by atoms with E-state index in [0.717, 1.165) is 15.7 Å². The number of hydrogen-bond donors (Lipinski definition) is 1. The number of anilines is 1. The number of thioether (sulfide) groups is 1. The molecule has 0 fully saturated rings. The Balaban J connectivity index is 1.85. The van der Waals surface area contributed by atoms with Gasteiger partial charge in [-0.05, 0) is 30.7 Å². The Bertz CT molecular complexity index is 676. The fourth-order valence-corrected chi connectivity index (χ4v) is 3.28. The zero-order valence-corrected chi connectivity index (χ0v) is 14.2. The van der Waals surface area contributed by atoms with Crippen molar-refractivity contribution in [1.82, 2.24) is 10.2 Å². The molecule has 5 nitrogen and oxygen atoms in total. The maximum Gasteiger partial charge on any atom is 0.264 e. The number of aromatic nitrogens is 2. The van der Waals surface area contributed by atoms with Gasteiger partial charge in [0.15, 0.2) is 10.9 Å². The van der Waals surface area contributed by atoms with Crippen LogP contribution in [0.25, 0.3) is 0 Å². The van der Waals surface area contributed by atoms with Crippen LogP contribution < -0.4 is 10.1 Å². The molecular weight excluding hydrogens is 342 g/mol. The van der Waals surface area contributed by atoms with Gasteiger partial charge in [-0.1, -0.05) is 40.8 Å². The molecule has 22 heavy (non-hydrogen) atoms. The lowest BCUT2D eigenvalue weighted by Gasteiger charge is -2.08. The first-order chi connectivity index (χ1) is 10.6. The second kappa shape index (κ2) is 8.17. The monoisotopic (exact) mass is 355 g/mol. The van der Waals surface area contributed by atoms with Crippen LogP contribution in [0.5, 0.6) is 5.75 Å². The third kappa shape index (κ3) is 5.01. The minimum absolute atomic E-state index is 0.100. The zero-order chi connectivity index (χ0) is 15.9. The molecule has 1 aromatic carbocycles. The molecular formula is C14H14ClN3O2S2. The molecule has 0 aliphatic rings. The summed E-state index contributed by atoms with van der Waals surface area (Å²) in [6, 6.07) is 5.23. The van der Waals surface area contributed by atoms with Crippen molar-refractivity contribution >= 4 is 45.7 Å². The van der Waals surface area contributed by atoms with E-state index in [0.29, 0.717) is 15.9 Å². The molecule has 0 spiro atoms. The van der Waals surface area contributed by atoms with Gasteiger partial charge in [0.1, 0.15) is 5.75 Å². The maximum atomic E-state index is 11.8. The highest BCUT2D eigenvalue weighted by atomic mass is 35.5. The minimum atomic E-state index is -0.286. The second-order valence-corrected chi connectivity index (χ2v) is 6.90. The Morgan fingerprint density at radius 2 is 2.36 bits per heavy atom. The molecule has 0 saturated heterocycles. The van der Waals surface area contributed by atoms with Crippen LogP contribution in [0.2, 0.25) is 5.02 Å². The number of aryl methyl sites for hydroxylation is 1. The topological polar surface area (TPSA) is 64.1 Å². The van der Waals surface area contributed by atoms with Gasteiger partial charge in [0.05, 0.1) is 0 Å². The van der Waals surface area contributed by atoms with E-state index in [1.165, 1.54) is 23.1 Å². The number of nitrogens with zero attached hydrogens (tertiary/aromatic N) is 2. The normalized spacial score (nSPS) is 10.3. The molecule has 0 aliphatic heterocycles. The maximum absolute atomic E-state index is 11.8. The highest BCUT2D eigenvalue weighted by Gasteiger charge is 2.10. The largest absolute Gasteiger partial charge is 0.483 e. The van der Waals surface area contributed by atoms with Crippen molar-refractivity contribution in [3.63, 3.8) is 0 Å². The molecule has 0 bridgehead atoms. The Morgan fingerprint density at radius 1 is 1.55 bits per heavy atom. The van der Waals surface area contributed by atoms with Crippen molar-refractivity contribution in [3.8, 4) is 5.75 Å².